The number of nitrogens with zero attached hydrogens (tertiary/aromatic N) is 4. The van der Waals surface area contributed by atoms with E-state index in [2.05, 4.69) is 8.75 Å². The highest BCUT2D eigenvalue weighted by atomic mass is 32.2. The topological polar surface area (TPSA) is 83.5 Å². The lowest BCUT2D eigenvalue weighted by molar-refractivity contribution is -0.128. The van der Waals surface area contributed by atoms with Crippen LogP contribution in [0.25, 0.3) is 11.0 Å². The van der Waals surface area contributed by atoms with Crippen molar-refractivity contribution in [1.82, 2.24) is 18.0 Å². The molecule has 1 aromatic carbocycles. The van der Waals surface area contributed by atoms with Crippen molar-refractivity contribution < 1.29 is 13.2 Å². The third-order valence-electron chi connectivity index (χ3n) is 2.79. The van der Waals surface area contributed by atoms with Gasteiger partial charge in [0.05, 0.1) is 18.3 Å². The van der Waals surface area contributed by atoms with Crippen LogP contribution in [0.2, 0.25) is 0 Å². The van der Waals surface area contributed by atoms with Gasteiger partial charge in [0, 0.05) is 21.1 Å². The maximum atomic E-state index is 12.5. The standard InChI is InChI=1S/C11H14N4O3S2/c1-14(2)10(16)7-15(3)20(17,18)9-6-4-5-8-11(9)13-19-12-8/h4-6H,7H2,1-3H3. The molecule has 0 bridgehead atoms. The Labute approximate surface area is 121 Å². The molecule has 1 heterocycles. The first-order valence-corrected chi connectivity index (χ1v) is 7.89. The van der Waals surface area contributed by atoms with Gasteiger partial charge in [-0.2, -0.15) is 13.1 Å². The molecule has 0 N–H and O–H groups in total. The summed E-state index contributed by atoms with van der Waals surface area (Å²) in [5.74, 6) is -0.292. The molecule has 0 aliphatic heterocycles. The summed E-state index contributed by atoms with van der Waals surface area (Å²) in [4.78, 5) is 13.1. The third-order valence-corrected chi connectivity index (χ3v) is 5.17. The van der Waals surface area contributed by atoms with Gasteiger partial charge in [-0.05, 0) is 12.1 Å². The summed E-state index contributed by atoms with van der Waals surface area (Å²) in [5.41, 5.74) is 0.866. The molecule has 0 radical (unpaired) electrons. The molecule has 7 nitrogen and oxygen atoms in total. The van der Waals surface area contributed by atoms with E-state index in [0.717, 1.165) is 16.0 Å². The molecule has 0 aliphatic rings. The second-order valence-corrected chi connectivity index (χ2v) is 6.98. The van der Waals surface area contributed by atoms with Crippen LogP contribution in [-0.4, -0.2) is 60.0 Å². The predicted molar refractivity (Wildman–Crippen MR) is 75.9 cm³/mol. The molecule has 2 rings (SSSR count). The highest BCUT2D eigenvalue weighted by Gasteiger charge is 2.26. The smallest absolute Gasteiger partial charge is 0.245 e. The summed E-state index contributed by atoms with van der Waals surface area (Å²) in [6.45, 7) is -0.219. The molecule has 0 fully saturated rings. The highest BCUT2D eigenvalue weighted by molar-refractivity contribution is 7.89. The number of fused-ring (bicyclic) bond motifs is 1. The SMILES string of the molecule is CN(C)C(=O)CN(C)S(=O)(=O)c1cccc2nsnc12. The lowest BCUT2D eigenvalue weighted by atomic mass is 10.3. The zero-order chi connectivity index (χ0) is 14.9. The summed E-state index contributed by atoms with van der Waals surface area (Å²) >= 11 is 0.956. The van der Waals surface area contributed by atoms with E-state index in [1.165, 1.54) is 18.0 Å². The van der Waals surface area contributed by atoms with E-state index in [0.29, 0.717) is 11.0 Å². The van der Waals surface area contributed by atoms with Crippen LogP contribution < -0.4 is 0 Å². The van der Waals surface area contributed by atoms with E-state index in [4.69, 9.17) is 0 Å². The Kier molecular flexibility index (Phi) is 4.02. The summed E-state index contributed by atoms with van der Waals surface area (Å²) in [7, 11) is 0.751. The van der Waals surface area contributed by atoms with Crippen molar-refractivity contribution in [2.75, 3.05) is 27.7 Å². The number of hydrogen-bond donors (Lipinski definition) is 0. The lowest BCUT2D eigenvalue weighted by Crippen LogP contribution is -2.37. The number of carbonyl (C=O) groups is 1. The maximum Gasteiger partial charge on any atom is 0.245 e. The van der Waals surface area contributed by atoms with Crippen LogP contribution in [0.15, 0.2) is 23.1 Å². The summed E-state index contributed by atoms with van der Waals surface area (Å²) in [6.07, 6.45) is 0. The van der Waals surface area contributed by atoms with Crippen molar-refractivity contribution in [3.8, 4) is 0 Å². The van der Waals surface area contributed by atoms with Crippen molar-refractivity contribution in [3.63, 3.8) is 0 Å². The van der Waals surface area contributed by atoms with Gasteiger partial charge in [-0.15, -0.1) is 0 Å². The van der Waals surface area contributed by atoms with E-state index >= 15 is 0 Å². The zero-order valence-corrected chi connectivity index (χ0v) is 12.9. The monoisotopic (exact) mass is 314 g/mol. The maximum absolute atomic E-state index is 12.5. The Balaban J connectivity index is 2.40. The number of hydrogen-bond acceptors (Lipinski definition) is 6. The van der Waals surface area contributed by atoms with Crippen molar-refractivity contribution >= 4 is 38.7 Å². The minimum Gasteiger partial charge on any atom is -0.348 e. The molecule has 2 aromatic rings. The van der Waals surface area contributed by atoms with Gasteiger partial charge in [-0.3, -0.25) is 4.79 Å². The van der Waals surface area contributed by atoms with Crippen LogP contribution in [0.5, 0.6) is 0 Å². The Bertz CT molecular complexity index is 739. The van der Waals surface area contributed by atoms with E-state index in [9.17, 15) is 13.2 Å². The van der Waals surface area contributed by atoms with Crippen LogP contribution in [0.4, 0.5) is 0 Å². The first-order valence-electron chi connectivity index (χ1n) is 5.72. The van der Waals surface area contributed by atoms with Crippen molar-refractivity contribution in [2.24, 2.45) is 0 Å². The average molecular weight is 314 g/mol. The Morgan fingerprint density at radius 1 is 1.25 bits per heavy atom. The normalized spacial score (nSPS) is 12.0. The Morgan fingerprint density at radius 2 is 1.95 bits per heavy atom. The van der Waals surface area contributed by atoms with Crippen molar-refractivity contribution in [2.45, 2.75) is 4.90 Å². The second kappa shape index (κ2) is 5.43. The van der Waals surface area contributed by atoms with Gasteiger partial charge in [0.1, 0.15) is 15.9 Å². The van der Waals surface area contributed by atoms with E-state index < -0.39 is 10.0 Å². The van der Waals surface area contributed by atoms with E-state index in [-0.39, 0.29) is 17.3 Å². The van der Waals surface area contributed by atoms with Gasteiger partial charge in [-0.1, -0.05) is 6.07 Å². The molecule has 9 heteroatoms. The fraction of sp³-hybridized carbons (Fsp3) is 0.364. The molecule has 1 amide bonds. The molecule has 108 valence electrons. The highest BCUT2D eigenvalue weighted by Crippen LogP contribution is 2.23. The molecule has 0 unspecified atom stereocenters. The van der Waals surface area contributed by atoms with Gasteiger partial charge >= 0.3 is 0 Å². The van der Waals surface area contributed by atoms with Gasteiger partial charge in [-0.25, -0.2) is 8.42 Å². The largest absolute Gasteiger partial charge is 0.348 e. The minimum atomic E-state index is -3.77. The molecule has 0 atom stereocenters. The fourth-order valence-electron chi connectivity index (χ4n) is 1.57. The van der Waals surface area contributed by atoms with Crippen LogP contribution in [0.3, 0.4) is 0 Å². The van der Waals surface area contributed by atoms with Gasteiger partial charge in [0.15, 0.2) is 0 Å². The minimum absolute atomic E-state index is 0.0674. The molecule has 1 aromatic heterocycles. The number of benzene rings is 1. The summed E-state index contributed by atoms with van der Waals surface area (Å²) in [5, 5.41) is 0. The van der Waals surface area contributed by atoms with Gasteiger partial charge in [0.2, 0.25) is 15.9 Å². The van der Waals surface area contributed by atoms with E-state index in [1.54, 1.807) is 26.2 Å². The number of likely N-dealkylation sites (N-methyl/N-ethyl adjacent to an activating group) is 2. The first kappa shape index (κ1) is 14.8. The van der Waals surface area contributed by atoms with Crippen LogP contribution in [0.1, 0.15) is 0 Å². The van der Waals surface area contributed by atoms with Crippen LogP contribution >= 0.6 is 11.7 Å². The molecule has 0 spiro atoms. The van der Waals surface area contributed by atoms with Crippen LogP contribution in [-0.2, 0) is 14.8 Å². The molecule has 0 saturated heterocycles. The van der Waals surface area contributed by atoms with Crippen molar-refractivity contribution in [1.29, 1.82) is 0 Å². The van der Waals surface area contributed by atoms with E-state index in [1.807, 2.05) is 0 Å². The number of carbonyl (C=O) groups excluding carboxylic acids is 1. The Hall–Kier alpha value is -1.58. The molecular formula is C11H14N4O3S2. The molecule has 0 saturated carbocycles. The first-order chi connectivity index (χ1) is 9.34. The lowest BCUT2D eigenvalue weighted by Gasteiger charge is -2.19. The second-order valence-electron chi connectivity index (χ2n) is 4.44. The predicted octanol–water partition coefficient (Wildman–Crippen LogP) is 0.400. The Morgan fingerprint density at radius 3 is 2.60 bits per heavy atom. The summed E-state index contributed by atoms with van der Waals surface area (Å²) in [6, 6.07) is 4.77. The third kappa shape index (κ3) is 2.65. The quantitative estimate of drug-likeness (QED) is 0.815. The fourth-order valence-corrected chi connectivity index (χ4v) is 3.44. The van der Waals surface area contributed by atoms with Gasteiger partial charge in [0.25, 0.3) is 0 Å². The zero-order valence-electron chi connectivity index (χ0n) is 11.3. The summed E-state index contributed by atoms with van der Waals surface area (Å²) < 4.78 is 34.0. The number of aromatic nitrogens is 2. The number of sulfonamides is 1. The molecule has 0 aliphatic carbocycles. The van der Waals surface area contributed by atoms with Crippen molar-refractivity contribution in [3.05, 3.63) is 18.2 Å². The van der Waals surface area contributed by atoms with Gasteiger partial charge < -0.3 is 4.90 Å². The van der Waals surface area contributed by atoms with Crippen LogP contribution in [0, 0.1) is 0 Å². The number of amides is 1. The molecule has 20 heavy (non-hydrogen) atoms. The number of rotatable bonds is 4. The average Bonchev–Trinajstić information content (AvgIpc) is 2.85. The molecular weight excluding hydrogens is 300 g/mol.